The zero-order valence-corrected chi connectivity index (χ0v) is 13.2. The maximum atomic E-state index is 12.9. The van der Waals surface area contributed by atoms with E-state index in [4.69, 9.17) is 17.3 Å². The second-order valence-corrected chi connectivity index (χ2v) is 5.77. The third kappa shape index (κ3) is 3.63. The Morgan fingerprint density at radius 3 is 2.48 bits per heavy atom. The van der Waals surface area contributed by atoms with Crippen molar-refractivity contribution < 1.29 is 13.2 Å². The first-order valence-corrected chi connectivity index (χ1v) is 7.05. The lowest BCUT2D eigenvalue weighted by molar-refractivity contribution is -0.138. The lowest BCUT2D eigenvalue weighted by atomic mass is 10.1. The molecule has 0 saturated heterocycles. The minimum atomic E-state index is -4.43. The Hall–Kier alpha value is -1.40. The molecule has 112 valence electrons. The molecule has 0 heterocycles. The molecule has 21 heavy (non-hydrogen) atoms. The number of nitrogens with one attached hydrogen (secondary N) is 1. The average Bonchev–Trinajstić information content (AvgIpc) is 2.37. The number of nitrogen functional groups attached to an aromatic ring is 1. The van der Waals surface area contributed by atoms with E-state index in [0.717, 1.165) is 11.6 Å². The molecular formula is C14H11BrClF3N2. The van der Waals surface area contributed by atoms with Crippen molar-refractivity contribution in [2.75, 3.05) is 11.1 Å². The lowest BCUT2D eigenvalue weighted by Gasteiger charge is -2.14. The number of alkyl halides is 3. The molecule has 0 saturated carbocycles. The van der Waals surface area contributed by atoms with E-state index in [-0.39, 0.29) is 4.47 Å². The summed E-state index contributed by atoms with van der Waals surface area (Å²) >= 11 is 8.83. The lowest BCUT2D eigenvalue weighted by Crippen LogP contribution is -2.07. The van der Waals surface area contributed by atoms with Gasteiger partial charge in [-0.15, -0.1) is 0 Å². The normalized spacial score (nSPS) is 11.5. The Morgan fingerprint density at radius 1 is 1.19 bits per heavy atom. The first-order valence-electron chi connectivity index (χ1n) is 5.88. The van der Waals surface area contributed by atoms with Crippen molar-refractivity contribution in [1.29, 1.82) is 0 Å². The summed E-state index contributed by atoms with van der Waals surface area (Å²) < 4.78 is 38.6. The molecular weight excluding hydrogens is 369 g/mol. The van der Waals surface area contributed by atoms with E-state index in [2.05, 4.69) is 21.2 Å². The molecule has 0 amide bonds. The van der Waals surface area contributed by atoms with Crippen LogP contribution in [0.15, 0.2) is 34.8 Å². The number of hydrogen-bond acceptors (Lipinski definition) is 2. The van der Waals surface area contributed by atoms with E-state index in [0.29, 0.717) is 22.1 Å². The molecule has 2 aromatic carbocycles. The SMILES string of the molecule is Cc1cc(N)c(Cl)cc1Nc1ccc(Br)c(C(F)(F)F)c1. The Balaban J connectivity index is 2.39. The molecule has 2 aromatic rings. The van der Waals surface area contributed by atoms with Crippen LogP contribution in [0.25, 0.3) is 0 Å². The van der Waals surface area contributed by atoms with Crippen molar-refractivity contribution in [3.8, 4) is 0 Å². The highest BCUT2D eigenvalue weighted by Gasteiger charge is 2.33. The number of anilines is 3. The largest absolute Gasteiger partial charge is 0.417 e. The highest BCUT2D eigenvalue weighted by molar-refractivity contribution is 9.10. The van der Waals surface area contributed by atoms with Gasteiger partial charge in [0.2, 0.25) is 0 Å². The summed E-state index contributed by atoms with van der Waals surface area (Å²) in [5.41, 5.74) is 7.05. The number of aryl methyl sites for hydroxylation is 1. The molecule has 0 aliphatic carbocycles. The van der Waals surface area contributed by atoms with Crippen LogP contribution in [-0.4, -0.2) is 0 Å². The van der Waals surface area contributed by atoms with Crippen LogP contribution in [0.2, 0.25) is 5.02 Å². The van der Waals surface area contributed by atoms with Crippen LogP contribution in [0.5, 0.6) is 0 Å². The van der Waals surface area contributed by atoms with Gasteiger partial charge < -0.3 is 11.1 Å². The maximum absolute atomic E-state index is 12.9. The second-order valence-electron chi connectivity index (χ2n) is 4.51. The fraction of sp³-hybridized carbons (Fsp3) is 0.143. The molecule has 0 radical (unpaired) electrons. The highest BCUT2D eigenvalue weighted by Crippen LogP contribution is 2.37. The summed E-state index contributed by atoms with van der Waals surface area (Å²) in [7, 11) is 0. The average molecular weight is 380 g/mol. The van der Waals surface area contributed by atoms with Crippen molar-refractivity contribution >= 4 is 44.6 Å². The van der Waals surface area contributed by atoms with E-state index in [1.165, 1.54) is 6.07 Å². The minimum absolute atomic E-state index is 0.00684. The van der Waals surface area contributed by atoms with Gasteiger partial charge in [0.25, 0.3) is 0 Å². The van der Waals surface area contributed by atoms with Gasteiger partial charge in [-0.3, -0.25) is 0 Å². The summed E-state index contributed by atoms with van der Waals surface area (Å²) in [6.07, 6.45) is -4.43. The predicted molar refractivity (Wildman–Crippen MR) is 83.0 cm³/mol. The fourth-order valence-corrected chi connectivity index (χ4v) is 2.45. The van der Waals surface area contributed by atoms with Gasteiger partial charge in [0.15, 0.2) is 0 Å². The summed E-state index contributed by atoms with van der Waals surface area (Å²) in [5.74, 6) is 0. The van der Waals surface area contributed by atoms with Crippen molar-refractivity contribution in [3.63, 3.8) is 0 Å². The number of benzene rings is 2. The Bertz CT molecular complexity index is 687. The van der Waals surface area contributed by atoms with Crippen molar-refractivity contribution in [2.24, 2.45) is 0 Å². The predicted octanol–water partition coefficient (Wildman–Crippen LogP) is 5.76. The van der Waals surface area contributed by atoms with E-state index >= 15 is 0 Å². The van der Waals surface area contributed by atoms with Crippen molar-refractivity contribution in [3.05, 3.63) is 51.0 Å². The van der Waals surface area contributed by atoms with Crippen LogP contribution >= 0.6 is 27.5 Å². The molecule has 3 N–H and O–H groups in total. The molecule has 0 fully saturated rings. The molecule has 0 aliphatic rings. The standard InChI is InChI=1S/C14H11BrClF3N2/c1-7-4-12(20)11(16)6-13(7)21-8-2-3-10(15)9(5-8)14(17,18)19/h2-6,21H,20H2,1H3. The smallest absolute Gasteiger partial charge is 0.398 e. The van der Waals surface area contributed by atoms with Crippen LogP contribution in [0.3, 0.4) is 0 Å². The molecule has 0 unspecified atom stereocenters. The van der Waals surface area contributed by atoms with Crippen LogP contribution in [0, 0.1) is 6.92 Å². The van der Waals surface area contributed by atoms with E-state index in [1.807, 2.05) is 0 Å². The summed E-state index contributed by atoms with van der Waals surface area (Å²) in [5, 5.41) is 3.26. The third-order valence-electron chi connectivity index (χ3n) is 2.89. The first-order chi connectivity index (χ1) is 9.68. The Morgan fingerprint density at radius 2 is 1.86 bits per heavy atom. The third-order valence-corrected chi connectivity index (χ3v) is 3.91. The van der Waals surface area contributed by atoms with Gasteiger partial charge in [0.1, 0.15) is 0 Å². The fourth-order valence-electron chi connectivity index (χ4n) is 1.81. The topological polar surface area (TPSA) is 38.0 Å². The van der Waals surface area contributed by atoms with Crippen LogP contribution in [0.1, 0.15) is 11.1 Å². The summed E-state index contributed by atoms with van der Waals surface area (Å²) in [6.45, 7) is 1.79. The molecule has 0 bridgehead atoms. The van der Waals surface area contributed by atoms with Gasteiger partial charge in [-0.25, -0.2) is 0 Å². The minimum Gasteiger partial charge on any atom is -0.398 e. The van der Waals surface area contributed by atoms with Crippen molar-refractivity contribution in [1.82, 2.24) is 0 Å². The number of rotatable bonds is 2. The van der Waals surface area contributed by atoms with E-state index in [1.54, 1.807) is 25.1 Å². The first kappa shape index (κ1) is 16.0. The summed E-state index contributed by atoms with van der Waals surface area (Å²) in [4.78, 5) is 0. The van der Waals surface area contributed by atoms with Crippen LogP contribution in [0.4, 0.5) is 30.2 Å². The summed E-state index contributed by atoms with van der Waals surface area (Å²) in [6, 6.07) is 7.17. The quantitative estimate of drug-likeness (QED) is 0.651. The maximum Gasteiger partial charge on any atom is 0.417 e. The molecule has 0 aliphatic heterocycles. The Kier molecular flexibility index (Phi) is 4.39. The van der Waals surface area contributed by atoms with Gasteiger partial charge >= 0.3 is 6.18 Å². The van der Waals surface area contributed by atoms with Crippen LogP contribution < -0.4 is 11.1 Å². The van der Waals surface area contributed by atoms with Crippen molar-refractivity contribution in [2.45, 2.75) is 13.1 Å². The Labute approximate surface area is 133 Å². The zero-order chi connectivity index (χ0) is 15.8. The van der Waals surface area contributed by atoms with Gasteiger partial charge in [0, 0.05) is 15.8 Å². The molecule has 2 nitrogen and oxygen atoms in total. The van der Waals surface area contributed by atoms with E-state index in [9.17, 15) is 13.2 Å². The van der Waals surface area contributed by atoms with Crippen LogP contribution in [-0.2, 0) is 6.18 Å². The zero-order valence-electron chi connectivity index (χ0n) is 10.9. The second kappa shape index (κ2) is 5.77. The number of hydrogen-bond donors (Lipinski definition) is 2. The molecule has 2 rings (SSSR count). The molecule has 0 atom stereocenters. The monoisotopic (exact) mass is 378 g/mol. The number of nitrogens with two attached hydrogens (primary N) is 1. The van der Waals surface area contributed by atoms with Gasteiger partial charge in [-0.1, -0.05) is 27.5 Å². The van der Waals surface area contributed by atoms with Gasteiger partial charge in [-0.2, -0.15) is 13.2 Å². The number of halogens is 5. The van der Waals surface area contributed by atoms with E-state index < -0.39 is 11.7 Å². The molecule has 0 spiro atoms. The van der Waals surface area contributed by atoms with Gasteiger partial charge in [-0.05, 0) is 42.8 Å². The highest BCUT2D eigenvalue weighted by atomic mass is 79.9. The van der Waals surface area contributed by atoms with Gasteiger partial charge in [0.05, 0.1) is 16.3 Å². The molecule has 0 aromatic heterocycles. The molecule has 7 heteroatoms.